The van der Waals surface area contributed by atoms with Crippen LogP contribution in [-0.4, -0.2) is 77.3 Å². The Bertz CT molecular complexity index is 1670. The van der Waals surface area contributed by atoms with Crippen molar-refractivity contribution >= 4 is 27.3 Å². The number of benzene rings is 1. The molecule has 2 aromatic heterocycles. The lowest BCUT2D eigenvalue weighted by Gasteiger charge is -2.31. The van der Waals surface area contributed by atoms with E-state index < -0.39 is 57.4 Å². The molecule has 2 N–H and O–H groups in total. The molecule has 240 valence electrons. The fourth-order valence-corrected chi connectivity index (χ4v) is 7.20. The molecule has 5 rings (SSSR count). The predicted octanol–water partition coefficient (Wildman–Crippen LogP) is 4.51. The van der Waals surface area contributed by atoms with Crippen LogP contribution in [0.1, 0.15) is 62.0 Å². The number of hydrogen-bond donors (Lipinski definition) is 2. The molecule has 1 amide bonds. The van der Waals surface area contributed by atoms with Gasteiger partial charge >= 0.3 is 6.18 Å². The molecule has 1 saturated heterocycles. The molecule has 0 bridgehead atoms. The van der Waals surface area contributed by atoms with Gasteiger partial charge in [-0.1, -0.05) is 0 Å². The molecule has 1 unspecified atom stereocenters. The lowest BCUT2D eigenvalue weighted by molar-refractivity contribution is -0.147. The lowest BCUT2D eigenvalue weighted by Crippen LogP contribution is -2.43. The van der Waals surface area contributed by atoms with Crippen molar-refractivity contribution in [2.24, 2.45) is 0 Å². The minimum atomic E-state index is -4.82. The van der Waals surface area contributed by atoms with Crippen molar-refractivity contribution in [2.75, 3.05) is 19.7 Å². The zero-order chi connectivity index (χ0) is 32.2. The molecule has 3 aromatic rings. The number of piperidine rings is 1. The number of nitrogens with zero attached hydrogens (tertiary/aromatic N) is 4. The number of sulfonamides is 1. The minimum Gasteiger partial charge on any atom is -0.493 e. The molecule has 1 fully saturated rings. The van der Waals surface area contributed by atoms with E-state index in [2.05, 4.69) is 15.2 Å². The Hall–Kier alpha value is -3.22. The van der Waals surface area contributed by atoms with E-state index in [9.17, 15) is 40.3 Å². The number of thiazole rings is 1. The van der Waals surface area contributed by atoms with Gasteiger partial charge in [0.25, 0.3) is 17.7 Å². The molecule has 0 aliphatic carbocycles. The molecule has 18 heteroatoms. The van der Waals surface area contributed by atoms with Gasteiger partial charge in [0, 0.05) is 37.1 Å². The number of nitrogens with one attached hydrogen (secondary N) is 1. The van der Waals surface area contributed by atoms with Gasteiger partial charge in [-0.2, -0.15) is 17.9 Å². The van der Waals surface area contributed by atoms with Gasteiger partial charge in [-0.15, -0.1) is 21.5 Å². The number of halogens is 5. The van der Waals surface area contributed by atoms with E-state index in [0.29, 0.717) is 13.3 Å². The number of amides is 1. The van der Waals surface area contributed by atoms with Gasteiger partial charge in [0.05, 0.1) is 16.4 Å². The Morgan fingerprint density at radius 3 is 2.48 bits per heavy atom. The largest absolute Gasteiger partial charge is 0.493 e. The molecule has 0 spiro atoms. The summed E-state index contributed by atoms with van der Waals surface area (Å²) in [6, 6.07) is 0.0641. The number of rotatable bonds is 7. The Morgan fingerprint density at radius 1 is 1.18 bits per heavy atom. The van der Waals surface area contributed by atoms with Gasteiger partial charge in [-0.05, 0) is 45.7 Å². The first-order valence-corrected chi connectivity index (χ1v) is 15.8. The lowest BCUT2D eigenvalue weighted by atomic mass is 10.00. The Labute approximate surface area is 252 Å². The van der Waals surface area contributed by atoms with E-state index in [1.54, 1.807) is 4.72 Å². The van der Waals surface area contributed by atoms with Crippen molar-refractivity contribution in [2.45, 2.75) is 75.1 Å². The van der Waals surface area contributed by atoms with Gasteiger partial charge < -0.3 is 19.2 Å². The first-order valence-electron chi connectivity index (χ1n) is 13.5. The smallest absolute Gasteiger partial charge is 0.404 e. The number of alkyl halides is 5. The third-order valence-corrected chi connectivity index (χ3v) is 9.84. The summed E-state index contributed by atoms with van der Waals surface area (Å²) in [5, 5.41) is 18.0. The summed E-state index contributed by atoms with van der Waals surface area (Å²) in [7, 11) is -4.65. The third kappa shape index (κ3) is 6.43. The van der Waals surface area contributed by atoms with Crippen LogP contribution in [0.4, 0.5) is 22.0 Å². The summed E-state index contributed by atoms with van der Waals surface area (Å²) >= 11 is 0.903. The molecule has 44 heavy (non-hydrogen) atoms. The number of hydrogen-bond acceptors (Lipinski definition) is 10. The van der Waals surface area contributed by atoms with Crippen LogP contribution in [0.25, 0.3) is 21.3 Å². The van der Waals surface area contributed by atoms with Gasteiger partial charge in [-0.3, -0.25) is 4.79 Å². The normalized spacial score (nSPS) is 18.1. The van der Waals surface area contributed by atoms with E-state index in [1.165, 1.54) is 24.8 Å². The standard InChI is InChI=1S/C26H28F5N5O6S2/c1-13(26(29,30)31)35-44(39,40)16-7-6-15(18-14(16)5-4-12-41-18)19-17(22(37)36-10-8-25(27,28)9-11-36)32-21(43-19)20-33-34-23(42-20)24(2,3)38/h6-7,13,35,38H,4-5,8-12H2,1-3H3. The van der Waals surface area contributed by atoms with E-state index in [1.807, 2.05) is 0 Å². The summed E-state index contributed by atoms with van der Waals surface area (Å²) in [5.74, 6) is -3.84. The summed E-state index contributed by atoms with van der Waals surface area (Å²) in [4.78, 5) is 19.1. The average Bonchev–Trinajstić information content (AvgIpc) is 3.59. The van der Waals surface area contributed by atoms with E-state index in [4.69, 9.17) is 9.15 Å². The topological polar surface area (TPSA) is 148 Å². The van der Waals surface area contributed by atoms with Crippen molar-refractivity contribution in [3.63, 3.8) is 0 Å². The fraction of sp³-hybridized carbons (Fsp3) is 0.538. The highest BCUT2D eigenvalue weighted by molar-refractivity contribution is 7.89. The Balaban J connectivity index is 1.62. The van der Waals surface area contributed by atoms with Gasteiger partial charge in [0.15, 0.2) is 5.01 Å². The molecule has 4 heterocycles. The van der Waals surface area contributed by atoms with Crippen molar-refractivity contribution < 1.29 is 49.4 Å². The molecule has 2 aliphatic rings. The number of fused-ring (bicyclic) bond motifs is 1. The molecular weight excluding hydrogens is 637 g/mol. The third-order valence-electron chi connectivity index (χ3n) is 7.14. The second kappa shape index (κ2) is 11.3. The van der Waals surface area contributed by atoms with Gasteiger partial charge in [0.1, 0.15) is 23.1 Å². The Kier molecular flexibility index (Phi) is 8.26. The first kappa shape index (κ1) is 32.2. The van der Waals surface area contributed by atoms with Crippen molar-refractivity contribution in [3.05, 3.63) is 29.3 Å². The fourth-order valence-electron chi connectivity index (χ4n) is 4.71. The molecular formula is C26H28F5N5O6S2. The van der Waals surface area contributed by atoms with Gasteiger partial charge in [0.2, 0.25) is 15.9 Å². The SMILES string of the molecule is CC(NS(=O)(=O)c1ccc(-c2sc(-c3nnc(C(C)(C)O)o3)nc2C(=O)N2CCC(F)(F)CC2)c2c1CCCO2)C(F)(F)F. The number of carbonyl (C=O) groups is 1. The maximum atomic E-state index is 13.8. The zero-order valence-electron chi connectivity index (χ0n) is 23.7. The second-order valence-corrected chi connectivity index (χ2v) is 13.8. The number of ether oxygens (including phenoxy) is 1. The maximum Gasteiger partial charge on any atom is 0.404 e. The number of carbonyl (C=O) groups excluding carboxylic acids is 1. The summed E-state index contributed by atoms with van der Waals surface area (Å²) < 4.78 is 106. The molecule has 0 saturated carbocycles. The Morgan fingerprint density at radius 2 is 1.86 bits per heavy atom. The number of aliphatic hydroxyl groups is 1. The minimum absolute atomic E-state index is 0.0379. The highest BCUT2D eigenvalue weighted by Crippen LogP contribution is 2.45. The monoisotopic (exact) mass is 665 g/mol. The van der Waals surface area contributed by atoms with Crippen molar-refractivity contribution in [1.82, 2.24) is 24.8 Å². The average molecular weight is 666 g/mol. The molecule has 0 radical (unpaired) electrons. The van der Waals surface area contributed by atoms with E-state index >= 15 is 0 Å². The zero-order valence-corrected chi connectivity index (χ0v) is 25.3. The van der Waals surface area contributed by atoms with Crippen LogP contribution >= 0.6 is 11.3 Å². The van der Waals surface area contributed by atoms with Crippen LogP contribution < -0.4 is 9.46 Å². The maximum absolute atomic E-state index is 13.8. The second-order valence-electron chi connectivity index (χ2n) is 11.1. The summed E-state index contributed by atoms with van der Waals surface area (Å²) in [6.45, 7) is 3.20. The quantitative estimate of drug-likeness (QED) is 0.348. The first-order chi connectivity index (χ1) is 20.4. The van der Waals surface area contributed by atoms with Crippen LogP contribution in [0.2, 0.25) is 0 Å². The number of aromatic nitrogens is 3. The number of likely N-dealkylation sites (tertiary alicyclic amines) is 1. The molecule has 2 aliphatic heterocycles. The van der Waals surface area contributed by atoms with E-state index in [0.717, 1.165) is 17.4 Å². The highest BCUT2D eigenvalue weighted by Gasteiger charge is 2.41. The summed E-state index contributed by atoms with van der Waals surface area (Å²) in [5.41, 5.74) is -1.33. The highest BCUT2D eigenvalue weighted by atomic mass is 32.2. The molecule has 1 atom stereocenters. The van der Waals surface area contributed by atoms with E-state index in [-0.39, 0.29) is 70.4 Å². The molecule has 11 nitrogen and oxygen atoms in total. The predicted molar refractivity (Wildman–Crippen MR) is 146 cm³/mol. The molecule has 1 aromatic carbocycles. The van der Waals surface area contributed by atoms with Crippen molar-refractivity contribution in [1.29, 1.82) is 0 Å². The van der Waals surface area contributed by atoms with Gasteiger partial charge in [-0.25, -0.2) is 22.2 Å². The van der Waals surface area contributed by atoms with Crippen LogP contribution in [0, 0.1) is 0 Å². The van der Waals surface area contributed by atoms with Crippen molar-refractivity contribution in [3.8, 4) is 27.1 Å². The van der Waals surface area contributed by atoms with Crippen LogP contribution in [-0.2, 0) is 22.0 Å². The van der Waals surface area contributed by atoms with Crippen LogP contribution in [0.3, 0.4) is 0 Å². The van der Waals surface area contributed by atoms with Crippen LogP contribution in [0.15, 0.2) is 21.4 Å². The van der Waals surface area contributed by atoms with Crippen LogP contribution in [0.5, 0.6) is 5.75 Å². The summed E-state index contributed by atoms with van der Waals surface area (Å²) in [6.07, 6.45) is -5.39.